The molecule has 1 aromatic heterocycles. The molecule has 1 heterocycles. The Hall–Kier alpha value is -2.31. The van der Waals surface area contributed by atoms with Crippen LogP contribution in [0.25, 0.3) is 0 Å². The normalized spacial score (nSPS) is 12.3. The van der Waals surface area contributed by atoms with Gasteiger partial charge >= 0.3 is 12.0 Å². The lowest BCUT2D eigenvalue weighted by Crippen LogP contribution is -2.51. The van der Waals surface area contributed by atoms with Crippen LogP contribution >= 0.6 is 0 Å². The predicted octanol–water partition coefficient (Wildman–Crippen LogP) is 3.08. The summed E-state index contributed by atoms with van der Waals surface area (Å²) in [6, 6.07) is -0.948. The van der Waals surface area contributed by atoms with E-state index in [4.69, 9.17) is 4.74 Å². The van der Waals surface area contributed by atoms with Crippen LogP contribution in [0.3, 0.4) is 0 Å². The van der Waals surface area contributed by atoms with Crippen molar-refractivity contribution in [3.05, 3.63) is 22.5 Å². The molecule has 0 saturated heterocycles. The van der Waals surface area contributed by atoms with E-state index in [1.54, 1.807) is 37.3 Å². The molecule has 0 saturated carbocycles. The Morgan fingerprint density at radius 1 is 1.11 bits per heavy atom. The summed E-state index contributed by atoms with van der Waals surface area (Å²) in [5.74, 6) is -0.460. The Kier molecular flexibility index (Phi) is 7.63. The number of nitrogens with zero attached hydrogens (tertiary/aromatic N) is 2. The number of aromatic nitrogens is 1. The highest BCUT2D eigenvalue weighted by Crippen LogP contribution is 2.25. The van der Waals surface area contributed by atoms with Gasteiger partial charge in [0, 0.05) is 30.9 Å². The van der Waals surface area contributed by atoms with E-state index in [9.17, 15) is 14.4 Å². The average Bonchev–Trinajstić information content (AvgIpc) is 2.79. The first kappa shape index (κ1) is 22.7. The van der Waals surface area contributed by atoms with Crippen molar-refractivity contribution < 1.29 is 19.1 Å². The number of hydrogen-bond donors (Lipinski definition) is 1. The van der Waals surface area contributed by atoms with Crippen LogP contribution in [0.1, 0.15) is 66.7 Å². The Balaban J connectivity index is 3.32. The molecule has 7 heteroatoms. The van der Waals surface area contributed by atoms with Crippen LogP contribution in [0.4, 0.5) is 4.79 Å². The number of carbonyl (C=O) groups excluding carboxylic acids is 3. The minimum absolute atomic E-state index is 0.0272. The smallest absolute Gasteiger partial charge is 0.354 e. The number of esters is 1. The van der Waals surface area contributed by atoms with E-state index in [1.165, 1.54) is 7.11 Å². The summed E-state index contributed by atoms with van der Waals surface area (Å²) in [4.78, 5) is 39.6. The molecule has 0 aliphatic heterocycles. The summed E-state index contributed by atoms with van der Waals surface area (Å²) in [6.45, 7) is 13.5. The lowest BCUT2D eigenvalue weighted by molar-refractivity contribution is 0.0588. The third-order valence-corrected chi connectivity index (χ3v) is 4.64. The van der Waals surface area contributed by atoms with Gasteiger partial charge in [0.2, 0.25) is 0 Å². The first-order valence-corrected chi connectivity index (χ1v) is 9.29. The number of urea groups is 1. The van der Waals surface area contributed by atoms with Gasteiger partial charge in [-0.25, -0.2) is 9.59 Å². The molecule has 1 aromatic rings. The van der Waals surface area contributed by atoms with E-state index in [2.05, 4.69) is 5.32 Å². The van der Waals surface area contributed by atoms with Gasteiger partial charge in [-0.15, -0.1) is 0 Å². The molecule has 2 amide bonds. The van der Waals surface area contributed by atoms with Crippen molar-refractivity contribution in [3.63, 3.8) is 0 Å². The molecule has 27 heavy (non-hydrogen) atoms. The number of ether oxygens (including phenoxy) is 1. The molecular weight excluding hydrogens is 346 g/mol. The Bertz CT molecular complexity index is 719. The summed E-state index contributed by atoms with van der Waals surface area (Å²) in [5.41, 5.74) is 2.08. The highest BCUT2D eigenvalue weighted by Gasteiger charge is 2.32. The van der Waals surface area contributed by atoms with Crippen molar-refractivity contribution in [2.24, 2.45) is 13.0 Å². The largest absolute Gasteiger partial charge is 0.464 e. The van der Waals surface area contributed by atoms with Gasteiger partial charge in [-0.3, -0.25) is 4.79 Å². The molecule has 152 valence electrons. The van der Waals surface area contributed by atoms with Crippen LogP contribution in [-0.4, -0.2) is 53.0 Å². The number of carbonyl (C=O) groups is 3. The molecule has 0 aliphatic carbocycles. The average molecular weight is 380 g/mol. The summed E-state index contributed by atoms with van der Waals surface area (Å²) in [5, 5.41) is 2.86. The topological polar surface area (TPSA) is 80.6 Å². The maximum absolute atomic E-state index is 13.3. The van der Waals surface area contributed by atoms with Gasteiger partial charge in [-0.05, 0) is 46.1 Å². The van der Waals surface area contributed by atoms with Gasteiger partial charge in [0.15, 0.2) is 5.78 Å². The van der Waals surface area contributed by atoms with Gasteiger partial charge in [0.25, 0.3) is 0 Å². The second-order valence-corrected chi connectivity index (χ2v) is 7.68. The number of rotatable bonds is 7. The second kappa shape index (κ2) is 9.06. The Morgan fingerprint density at radius 3 is 2.11 bits per heavy atom. The fourth-order valence-corrected chi connectivity index (χ4v) is 3.22. The molecule has 1 N–H and O–H groups in total. The fourth-order valence-electron chi connectivity index (χ4n) is 3.22. The van der Waals surface area contributed by atoms with Crippen molar-refractivity contribution in [1.29, 1.82) is 0 Å². The molecule has 0 fully saturated rings. The minimum Gasteiger partial charge on any atom is -0.464 e. The highest BCUT2D eigenvalue weighted by molar-refractivity contribution is 6.06. The van der Waals surface area contributed by atoms with Crippen LogP contribution in [-0.2, 0) is 11.8 Å². The molecule has 7 nitrogen and oxygen atoms in total. The SMILES string of the molecule is COC(=O)c1c(C)c(C(=O)C(C)N(CC(C)C)C(=O)NC(C)C)c(C)n1C. The number of methoxy groups -OCH3 is 1. The zero-order valence-electron chi connectivity index (χ0n) is 18.0. The molecule has 1 rings (SSSR count). The van der Waals surface area contributed by atoms with Gasteiger partial charge in [-0.1, -0.05) is 13.8 Å². The van der Waals surface area contributed by atoms with Crippen molar-refractivity contribution >= 4 is 17.8 Å². The zero-order valence-corrected chi connectivity index (χ0v) is 18.0. The Morgan fingerprint density at radius 2 is 1.67 bits per heavy atom. The molecular formula is C20H33N3O4. The standard InChI is InChI=1S/C20H33N3O4/c1-11(2)10-23(20(26)21-12(3)4)15(7)18(24)16-13(5)17(19(25)27-9)22(8)14(16)6/h11-12,15H,10H2,1-9H3,(H,21,26). The van der Waals surface area contributed by atoms with E-state index >= 15 is 0 Å². The summed E-state index contributed by atoms with van der Waals surface area (Å²) >= 11 is 0. The van der Waals surface area contributed by atoms with Crippen LogP contribution in [0, 0.1) is 19.8 Å². The first-order chi connectivity index (χ1) is 12.4. The lowest BCUT2D eigenvalue weighted by atomic mass is 9.99. The molecule has 0 radical (unpaired) electrons. The molecule has 1 unspecified atom stereocenters. The van der Waals surface area contributed by atoms with Crippen molar-refractivity contribution in [2.75, 3.05) is 13.7 Å². The number of hydrogen-bond acceptors (Lipinski definition) is 4. The fraction of sp³-hybridized carbons (Fsp3) is 0.650. The molecule has 1 atom stereocenters. The second-order valence-electron chi connectivity index (χ2n) is 7.68. The quantitative estimate of drug-likeness (QED) is 0.583. The third kappa shape index (κ3) is 4.90. The van der Waals surface area contributed by atoms with Crippen LogP contribution < -0.4 is 5.32 Å². The molecule has 0 spiro atoms. The summed E-state index contributed by atoms with van der Waals surface area (Å²) in [7, 11) is 3.04. The summed E-state index contributed by atoms with van der Waals surface area (Å²) < 4.78 is 6.51. The summed E-state index contributed by atoms with van der Waals surface area (Å²) in [6.07, 6.45) is 0. The monoisotopic (exact) mass is 379 g/mol. The zero-order chi connectivity index (χ0) is 21.0. The first-order valence-electron chi connectivity index (χ1n) is 9.29. The van der Waals surface area contributed by atoms with E-state index in [0.29, 0.717) is 29.1 Å². The minimum atomic E-state index is -0.656. The van der Waals surface area contributed by atoms with Gasteiger partial charge < -0.3 is 19.5 Å². The van der Waals surface area contributed by atoms with E-state index in [1.807, 2.05) is 27.7 Å². The maximum atomic E-state index is 13.3. The van der Waals surface area contributed by atoms with Gasteiger partial charge in [0.1, 0.15) is 5.69 Å². The number of Topliss-reactive ketones (excluding diaryl/α,β-unsaturated/α-hetero) is 1. The highest BCUT2D eigenvalue weighted by atomic mass is 16.5. The van der Waals surface area contributed by atoms with E-state index in [-0.39, 0.29) is 23.8 Å². The molecule has 0 aliphatic rings. The molecule has 0 bridgehead atoms. The van der Waals surface area contributed by atoms with Crippen LogP contribution in [0.2, 0.25) is 0 Å². The van der Waals surface area contributed by atoms with E-state index < -0.39 is 12.0 Å². The van der Waals surface area contributed by atoms with Gasteiger partial charge in [0.05, 0.1) is 13.2 Å². The van der Waals surface area contributed by atoms with Crippen molar-refractivity contribution in [3.8, 4) is 0 Å². The molecule has 0 aromatic carbocycles. The Labute approximate surface area is 162 Å². The third-order valence-electron chi connectivity index (χ3n) is 4.64. The van der Waals surface area contributed by atoms with Crippen LogP contribution in [0.15, 0.2) is 0 Å². The van der Waals surface area contributed by atoms with E-state index in [0.717, 1.165) is 0 Å². The predicted molar refractivity (Wildman–Crippen MR) is 105 cm³/mol. The lowest BCUT2D eigenvalue weighted by Gasteiger charge is -2.31. The van der Waals surface area contributed by atoms with Crippen LogP contribution in [0.5, 0.6) is 0 Å². The number of ketones is 1. The van der Waals surface area contributed by atoms with Crippen molar-refractivity contribution in [1.82, 2.24) is 14.8 Å². The van der Waals surface area contributed by atoms with Crippen molar-refractivity contribution in [2.45, 2.75) is 60.5 Å². The number of nitrogens with one attached hydrogen (secondary N) is 1. The number of amides is 2. The van der Waals surface area contributed by atoms with Gasteiger partial charge in [-0.2, -0.15) is 0 Å². The maximum Gasteiger partial charge on any atom is 0.354 e.